The lowest BCUT2D eigenvalue weighted by molar-refractivity contribution is -0.111. The van der Waals surface area contributed by atoms with Gasteiger partial charge in [0.05, 0.1) is 12.7 Å². The lowest BCUT2D eigenvalue weighted by Gasteiger charge is -2.10. The second kappa shape index (κ2) is 10.4. The summed E-state index contributed by atoms with van der Waals surface area (Å²) in [6.07, 6.45) is 4.48. The van der Waals surface area contributed by atoms with Crippen molar-refractivity contribution >= 4 is 41.1 Å². The molecule has 3 rings (SSSR count). The Hall–Kier alpha value is -3.91. The highest BCUT2D eigenvalue weighted by atomic mass is 35.5. The van der Waals surface area contributed by atoms with E-state index < -0.39 is 17.8 Å². The highest BCUT2D eigenvalue weighted by Gasteiger charge is 2.13. The third-order valence-electron chi connectivity index (χ3n) is 4.37. The van der Waals surface area contributed by atoms with Crippen LogP contribution in [0.5, 0.6) is 0 Å². The number of nitrogens with zero attached hydrogens (tertiary/aromatic N) is 1. The summed E-state index contributed by atoms with van der Waals surface area (Å²) in [6.45, 7) is 1.90. The Morgan fingerprint density at radius 3 is 2.66 bits per heavy atom. The lowest BCUT2D eigenvalue weighted by Crippen LogP contribution is -2.24. The zero-order chi connectivity index (χ0) is 23.1. The average Bonchev–Trinajstić information content (AvgIpc) is 3.22. The van der Waals surface area contributed by atoms with E-state index in [-0.39, 0.29) is 17.9 Å². The van der Waals surface area contributed by atoms with Crippen molar-refractivity contribution in [3.8, 4) is 0 Å². The first-order valence-electron chi connectivity index (χ1n) is 9.61. The number of rotatable bonds is 7. The average molecular weight is 453 g/mol. The number of carbonyl (C=O) groups excluding carboxylic acids is 3. The Balaban J connectivity index is 1.74. The van der Waals surface area contributed by atoms with Crippen LogP contribution in [0, 0.1) is 6.92 Å². The Bertz CT molecular complexity index is 1190. The molecule has 0 radical (unpaired) electrons. The van der Waals surface area contributed by atoms with Gasteiger partial charge < -0.3 is 20.4 Å². The number of aryl methyl sites for hydroxylation is 1. The van der Waals surface area contributed by atoms with Gasteiger partial charge in [-0.2, -0.15) is 0 Å². The molecule has 0 spiro atoms. The molecule has 9 heteroatoms. The summed E-state index contributed by atoms with van der Waals surface area (Å²) in [4.78, 5) is 43.5. The van der Waals surface area contributed by atoms with Crippen LogP contribution in [0.1, 0.15) is 37.8 Å². The summed E-state index contributed by atoms with van der Waals surface area (Å²) >= 11 is 6.09. The fourth-order valence-electron chi connectivity index (χ4n) is 2.86. The van der Waals surface area contributed by atoms with Gasteiger partial charge in [0.15, 0.2) is 5.82 Å². The first-order chi connectivity index (χ1) is 15.4. The fraction of sp³-hybridized carbons (Fsp3) is 0.130. The van der Waals surface area contributed by atoms with Gasteiger partial charge in [0, 0.05) is 35.2 Å². The van der Waals surface area contributed by atoms with Gasteiger partial charge in [-0.3, -0.25) is 9.59 Å². The molecule has 1 aromatic heterocycles. The number of nitrogens with one attached hydrogen (secondary N) is 3. The number of aromatic amines is 1. The molecule has 0 atom stereocenters. The second-order valence-corrected chi connectivity index (χ2v) is 7.26. The minimum atomic E-state index is -0.568. The number of aromatic nitrogens is 2. The van der Waals surface area contributed by atoms with E-state index >= 15 is 0 Å². The van der Waals surface area contributed by atoms with Crippen molar-refractivity contribution in [2.24, 2.45) is 0 Å². The minimum Gasteiger partial charge on any atom is -0.465 e. The van der Waals surface area contributed by atoms with Gasteiger partial charge in [0.2, 0.25) is 5.91 Å². The molecule has 0 aliphatic carbocycles. The first-order valence-corrected chi connectivity index (χ1v) is 9.99. The molecule has 0 saturated heterocycles. The molecule has 0 aliphatic rings. The summed E-state index contributed by atoms with van der Waals surface area (Å²) in [5, 5.41) is 5.95. The number of hydrogen-bond acceptors (Lipinski definition) is 5. The number of ether oxygens (including phenoxy) is 1. The predicted octanol–water partition coefficient (Wildman–Crippen LogP) is 3.74. The Morgan fingerprint density at radius 1 is 1.19 bits per heavy atom. The number of benzene rings is 2. The smallest absolute Gasteiger partial charge is 0.337 e. The summed E-state index contributed by atoms with van der Waals surface area (Å²) < 4.78 is 4.78. The zero-order valence-corrected chi connectivity index (χ0v) is 18.2. The maximum absolute atomic E-state index is 12.4. The molecule has 0 saturated carbocycles. The van der Waals surface area contributed by atoms with E-state index in [0.29, 0.717) is 21.8 Å². The lowest BCUT2D eigenvalue weighted by atomic mass is 10.1. The van der Waals surface area contributed by atoms with E-state index in [4.69, 9.17) is 16.3 Å². The molecule has 3 aromatic rings. The van der Waals surface area contributed by atoms with Crippen LogP contribution in [0.15, 0.2) is 54.7 Å². The molecule has 1 heterocycles. The van der Waals surface area contributed by atoms with E-state index in [1.165, 1.54) is 19.3 Å². The number of hydrogen-bond donors (Lipinski definition) is 3. The molecule has 2 amide bonds. The summed E-state index contributed by atoms with van der Waals surface area (Å²) in [6, 6.07) is 11.8. The van der Waals surface area contributed by atoms with Crippen molar-refractivity contribution in [3.63, 3.8) is 0 Å². The van der Waals surface area contributed by atoms with Gasteiger partial charge in [-0.25, -0.2) is 9.78 Å². The molecule has 0 unspecified atom stereocenters. The van der Waals surface area contributed by atoms with Crippen LogP contribution in [0.25, 0.3) is 6.08 Å². The van der Waals surface area contributed by atoms with Gasteiger partial charge in [-0.15, -0.1) is 0 Å². The van der Waals surface area contributed by atoms with Gasteiger partial charge >= 0.3 is 5.97 Å². The maximum atomic E-state index is 12.4. The standard InChI is InChI=1S/C23H21ClN4O4/c1-14-12-25-21(27-14)22(30)26-13-15-9-17(23(31)32-2)11-18(10-15)28-20(29)8-7-16-5-3-4-6-19(16)24/h3-12H,13H2,1-2H3,(H,25,27)(H,26,30)(H,28,29). The molecule has 0 fully saturated rings. The Morgan fingerprint density at radius 2 is 1.97 bits per heavy atom. The number of anilines is 1. The highest BCUT2D eigenvalue weighted by molar-refractivity contribution is 6.32. The van der Waals surface area contributed by atoms with E-state index in [9.17, 15) is 14.4 Å². The molecule has 32 heavy (non-hydrogen) atoms. The minimum absolute atomic E-state index is 0.113. The normalized spacial score (nSPS) is 10.7. The second-order valence-electron chi connectivity index (χ2n) is 6.85. The summed E-state index contributed by atoms with van der Waals surface area (Å²) in [7, 11) is 1.26. The Labute approximate surface area is 189 Å². The quantitative estimate of drug-likeness (QED) is 0.373. The van der Waals surface area contributed by atoms with Crippen LogP contribution < -0.4 is 10.6 Å². The highest BCUT2D eigenvalue weighted by Crippen LogP contribution is 2.18. The monoisotopic (exact) mass is 452 g/mol. The largest absolute Gasteiger partial charge is 0.465 e. The molecule has 0 aliphatic heterocycles. The molecule has 8 nitrogen and oxygen atoms in total. The van der Waals surface area contributed by atoms with Crippen LogP contribution in [0.2, 0.25) is 5.02 Å². The molecule has 164 valence electrons. The first kappa shape index (κ1) is 22.8. The van der Waals surface area contributed by atoms with Crippen molar-refractivity contribution in [2.45, 2.75) is 13.5 Å². The van der Waals surface area contributed by atoms with Crippen molar-refractivity contribution in [1.82, 2.24) is 15.3 Å². The predicted molar refractivity (Wildman–Crippen MR) is 121 cm³/mol. The Kier molecular flexibility index (Phi) is 7.41. The molecular formula is C23H21ClN4O4. The van der Waals surface area contributed by atoms with E-state index in [1.54, 1.807) is 49.5 Å². The molecular weight excluding hydrogens is 432 g/mol. The van der Waals surface area contributed by atoms with Gasteiger partial charge in [-0.05, 0) is 48.4 Å². The molecule has 2 aromatic carbocycles. The summed E-state index contributed by atoms with van der Waals surface area (Å²) in [5.41, 5.74) is 2.66. The third-order valence-corrected chi connectivity index (χ3v) is 4.72. The fourth-order valence-corrected chi connectivity index (χ4v) is 3.05. The molecule has 0 bridgehead atoms. The number of H-pyrrole nitrogens is 1. The van der Waals surface area contributed by atoms with Gasteiger partial charge in [0.25, 0.3) is 5.91 Å². The van der Waals surface area contributed by atoms with E-state index in [2.05, 4.69) is 20.6 Å². The third kappa shape index (κ3) is 6.05. The van der Waals surface area contributed by atoms with Gasteiger partial charge in [-0.1, -0.05) is 29.8 Å². The number of methoxy groups -OCH3 is 1. The van der Waals surface area contributed by atoms with Crippen LogP contribution in [-0.4, -0.2) is 34.9 Å². The van der Waals surface area contributed by atoms with Gasteiger partial charge in [0.1, 0.15) is 0 Å². The van der Waals surface area contributed by atoms with Crippen LogP contribution in [-0.2, 0) is 16.1 Å². The van der Waals surface area contributed by atoms with Crippen molar-refractivity contribution in [2.75, 3.05) is 12.4 Å². The number of esters is 1. The summed E-state index contributed by atoms with van der Waals surface area (Å²) in [5.74, 6) is -1.19. The van der Waals surface area contributed by atoms with Crippen LogP contribution in [0.4, 0.5) is 5.69 Å². The van der Waals surface area contributed by atoms with Crippen molar-refractivity contribution in [1.29, 1.82) is 0 Å². The SMILES string of the molecule is COC(=O)c1cc(CNC(=O)c2ncc(C)[nH]2)cc(NC(=O)C=Cc2ccccc2Cl)c1. The number of amides is 2. The number of carbonyl (C=O) groups is 3. The number of imidazole rings is 1. The topological polar surface area (TPSA) is 113 Å². The maximum Gasteiger partial charge on any atom is 0.337 e. The zero-order valence-electron chi connectivity index (χ0n) is 17.4. The van der Waals surface area contributed by atoms with Crippen LogP contribution in [0.3, 0.4) is 0 Å². The van der Waals surface area contributed by atoms with Crippen molar-refractivity contribution < 1.29 is 19.1 Å². The van der Waals surface area contributed by atoms with E-state index in [0.717, 1.165) is 5.69 Å². The van der Waals surface area contributed by atoms with Crippen molar-refractivity contribution in [3.05, 3.63) is 88.0 Å². The van der Waals surface area contributed by atoms with E-state index in [1.807, 2.05) is 6.07 Å². The number of halogens is 1. The molecule has 3 N–H and O–H groups in total. The van der Waals surface area contributed by atoms with Crippen LogP contribution >= 0.6 is 11.6 Å².